The highest BCUT2D eigenvalue weighted by Gasteiger charge is 2.71. The molecule has 1 fully saturated rings. The number of hydrogen-bond acceptors (Lipinski definition) is 5. The van der Waals surface area contributed by atoms with Crippen LogP contribution in [0.3, 0.4) is 0 Å². The summed E-state index contributed by atoms with van der Waals surface area (Å²) in [5.41, 5.74) is -1.56. The van der Waals surface area contributed by atoms with Crippen LogP contribution in [-0.4, -0.2) is 50.5 Å². The Morgan fingerprint density at radius 1 is 0.930 bits per heavy atom. The summed E-state index contributed by atoms with van der Waals surface area (Å²) >= 11 is 0. The second-order valence-electron chi connectivity index (χ2n) is 10.8. The quantitative estimate of drug-likeness (QED) is 0.136. The van der Waals surface area contributed by atoms with Gasteiger partial charge in [0.25, 0.3) is 5.60 Å². The highest BCUT2D eigenvalue weighted by atomic mass is 19.4. The summed E-state index contributed by atoms with van der Waals surface area (Å²) in [6.07, 6.45) is -7.75. The maximum atomic E-state index is 13.7. The maximum Gasteiger partial charge on any atom is 0.430 e. The number of carbonyl (C=O) groups is 1. The molecule has 1 heterocycles. The number of methoxy groups -OCH3 is 1. The first kappa shape index (κ1) is 34.4. The van der Waals surface area contributed by atoms with Gasteiger partial charge in [0.2, 0.25) is 0 Å². The molecule has 2 aromatic rings. The lowest BCUT2D eigenvalue weighted by molar-refractivity contribution is -0.372. The molecule has 0 spiro atoms. The van der Waals surface area contributed by atoms with Crippen molar-refractivity contribution in [2.75, 3.05) is 20.5 Å². The lowest BCUT2D eigenvalue weighted by Gasteiger charge is -2.35. The largest absolute Gasteiger partial charge is 0.489 e. The van der Waals surface area contributed by atoms with Crippen LogP contribution in [0.5, 0.6) is 5.75 Å². The zero-order valence-corrected chi connectivity index (χ0v) is 25.0. The zero-order chi connectivity index (χ0) is 32.1. The number of alkyl halides is 6. The van der Waals surface area contributed by atoms with E-state index in [2.05, 4.69) is 9.47 Å². The van der Waals surface area contributed by atoms with Gasteiger partial charge in [-0.05, 0) is 79.5 Å². The van der Waals surface area contributed by atoms with Gasteiger partial charge in [-0.2, -0.15) is 26.3 Å². The summed E-state index contributed by atoms with van der Waals surface area (Å²) in [6.45, 7) is 6.66. The molecule has 1 aliphatic rings. The van der Waals surface area contributed by atoms with Crippen LogP contribution < -0.4 is 4.74 Å². The van der Waals surface area contributed by atoms with Gasteiger partial charge < -0.3 is 18.9 Å². The fraction of sp³-hybridized carbons (Fsp3) is 0.531. The molecule has 0 aliphatic carbocycles. The summed E-state index contributed by atoms with van der Waals surface area (Å²) in [7, 11) is 0.940. The van der Waals surface area contributed by atoms with Gasteiger partial charge in [-0.25, -0.2) is 0 Å². The minimum atomic E-state index is -5.78. The van der Waals surface area contributed by atoms with Gasteiger partial charge in [-0.3, -0.25) is 4.79 Å². The lowest BCUT2D eigenvalue weighted by Crippen LogP contribution is -2.57. The minimum absolute atomic E-state index is 0.00271. The van der Waals surface area contributed by atoms with Crippen molar-refractivity contribution < 1.29 is 50.1 Å². The Morgan fingerprint density at radius 3 is 2.05 bits per heavy atom. The van der Waals surface area contributed by atoms with Crippen LogP contribution in [-0.2, 0) is 24.4 Å². The fourth-order valence-corrected chi connectivity index (χ4v) is 5.50. The van der Waals surface area contributed by atoms with Crippen LogP contribution in [0.15, 0.2) is 42.5 Å². The van der Waals surface area contributed by atoms with E-state index in [-0.39, 0.29) is 30.3 Å². The molecule has 3 rings (SSSR count). The number of hydrogen-bond donors (Lipinski definition) is 0. The average molecular weight is 617 g/mol. The van der Waals surface area contributed by atoms with E-state index in [9.17, 15) is 31.1 Å². The summed E-state index contributed by atoms with van der Waals surface area (Å²) in [6, 6.07) is 10.9. The number of rotatable bonds is 12. The van der Waals surface area contributed by atoms with Crippen molar-refractivity contribution in [3.05, 3.63) is 70.3 Å². The van der Waals surface area contributed by atoms with Crippen LogP contribution >= 0.6 is 0 Å². The first-order valence-electron chi connectivity index (χ1n) is 14.1. The predicted molar refractivity (Wildman–Crippen MR) is 150 cm³/mol. The van der Waals surface area contributed by atoms with Crippen LogP contribution in [0.1, 0.15) is 73.8 Å². The fourth-order valence-electron chi connectivity index (χ4n) is 5.50. The molecule has 1 aliphatic heterocycles. The molecule has 0 amide bonds. The van der Waals surface area contributed by atoms with Gasteiger partial charge >= 0.3 is 18.3 Å². The third-order valence-electron chi connectivity index (χ3n) is 8.13. The second-order valence-corrected chi connectivity index (χ2v) is 10.8. The molecule has 5 nitrogen and oxygen atoms in total. The Kier molecular flexibility index (Phi) is 11.0. The number of benzene rings is 2. The smallest absolute Gasteiger partial charge is 0.430 e. The third kappa shape index (κ3) is 7.37. The SMILES string of the molecule is CCC(CC)(c1ccc(C=CC(OCOC)(C(F)(F)F)C(F)(F)F)c(C)c1)c1ccc(OC[C@@H]2CCCC(=O)O2)c(C)c1. The van der Waals surface area contributed by atoms with Gasteiger partial charge in [-0.1, -0.05) is 50.3 Å². The van der Waals surface area contributed by atoms with Crippen LogP contribution in [0.2, 0.25) is 0 Å². The monoisotopic (exact) mass is 616 g/mol. The number of carbonyl (C=O) groups excluding carboxylic acids is 1. The molecule has 0 saturated carbocycles. The normalized spacial score (nSPS) is 16.9. The van der Waals surface area contributed by atoms with Crippen molar-refractivity contribution >= 4 is 12.0 Å². The van der Waals surface area contributed by atoms with Crippen LogP contribution in [0, 0.1) is 13.8 Å². The van der Waals surface area contributed by atoms with E-state index in [1.165, 1.54) is 6.07 Å². The summed E-state index contributed by atoms with van der Waals surface area (Å²) in [4.78, 5) is 11.6. The Labute approximate surface area is 248 Å². The molecular formula is C32H38F6O5. The van der Waals surface area contributed by atoms with Gasteiger partial charge in [0, 0.05) is 18.9 Å². The molecule has 0 radical (unpaired) electrons. The van der Waals surface area contributed by atoms with E-state index >= 15 is 0 Å². The number of cyclic esters (lactones) is 1. The number of halogens is 6. The van der Waals surface area contributed by atoms with Crippen molar-refractivity contribution in [1.82, 2.24) is 0 Å². The first-order chi connectivity index (χ1) is 20.1. The van der Waals surface area contributed by atoms with E-state index in [1.807, 2.05) is 39.0 Å². The second kappa shape index (κ2) is 13.7. The van der Waals surface area contributed by atoms with Gasteiger partial charge in [0.15, 0.2) is 0 Å². The Bertz CT molecular complexity index is 1270. The number of ether oxygens (including phenoxy) is 4. The summed E-state index contributed by atoms with van der Waals surface area (Å²) < 4.78 is 102. The molecule has 1 saturated heterocycles. The van der Waals surface area contributed by atoms with Crippen LogP contribution in [0.4, 0.5) is 26.3 Å². The van der Waals surface area contributed by atoms with Crippen LogP contribution in [0.25, 0.3) is 6.08 Å². The standard InChI is InChI=1S/C32H38F6O5/c1-6-29(7-2,25-13-14-27(22(4)18-25)41-19-26-9-8-10-28(39)43-26)24-12-11-23(21(3)17-24)15-16-30(31(33,34)35,32(36,37)38)42-20-40-5/h11-18,26H,6-10,19-20H2,1-5H3/t26-/m0/s1. The van der Waals surface area contributed by atoms with Crippen molar-refractivity contribution in [3.8, 4) is 5.75 Å². The predicted octanol–water partition coefficient (Wildman–Crippen LogP) is 8.38. The van der Waals surface area contributed by atoms with Crippen molar-refractivity contribution in [1.29, 1.82) is 0 Å². The summed E-state index contributed by atoms with van der Waals surface area (Å²) in [5, 5.41) is 0. The molecule has 11 heteroatoms. The molecular weight excluding hydrogens is 578 g/mol. The van der Waals surface area contributed by atoms with E-state index in [0.717, 1.165) is 42.7 Å². The Morgan fingerprint density at radius 2 is 1.53 bits per heavy atom. The van der Waals surface area contributed by atoms with E-state index in [1.54, 1.807) is 19.1 Å². The molecule has 43 heavy (non-hydrogen) atoms. The van der Waals surface area contributed by atoms with Crippen molar-refractivity contribution in [3.63, 3.8) is 0 Å². The van der Waals surface area contributed by atoms with Crippen molar-refractivity contribution in [2.45, 2.75) is 89.3 Å². The molecule has 0 unspecified atom stereocenters. The zero-order valence-electron chi connectivity index (χ0n) is 25.0. The average Bonchev–Trinajstić information content (AvgIpc) is 2.93. The van der Waals surface area contributed by atoms with E-state index in [4.69, 9.17) is 9.47 Å². The van der Waals surface area contributed by atoms with Crippen molar-refractivity contribution in [2.24, 2.45) is 0 Å². The molecule has 0 N–H and O–H groups in total. The lowest BCUT2D eigenvalue weighted by atomic mass is 9.70. The molecule has 1 atom stereocenters. The van der Waals surface area contributed by atoms with Gasteiger partial charge in [0.1, 0.15) is 25.3 Å². The Hall–Kier alpha value is -3.05. The maximum absolute atomic E-state index is 13.7. The number of aryl methyl sites for hydroxylation is 2. The summed E-state index contributed by atoms with van der Waals surface area (Å²) in [5.74, 6) is 0.440. The molecule has 2 aromatic carbocycles. The minimum Gasteiger partial charge on any atom is -0.489 e. The topological polar surface area (TPSA) is 54.0 Å². The van der Waals surface area contributed by atoms with Gasteiger partial charge in [0.05, 0.1) is 0 Å². The Balaban J connectivity index is 1.92. The molecule has 0 aromatic heterocycles. The molecule has 238 valence electrons. The highest BCUT2D eigenvalue weighted by Crippen LogP contribution is 2.47. The molecule has 0 bridgehead atoms. The third-order valence-corrected chi connectivity index (χ3v) is 8.13. The van der Waals surface area contributed by atoms with E-state index in [0.29, 0.717) is 30.6 Å². The number of esters is 1. The van der Waals surface area contributed by atoms with E-state index < -0.39 is 30.2 Å². The highest BCUT2D eigenvalue weighted by molar-refractivity contribution is 5.70. The van der Waals surface area contributed by atoms with Gasteiger partial charge in [-0.15, -0.1) is 0 Å². The first-order valence-corrected chi connectivity index (χ1v) is 14.1.